The Kier molecular flexibility index (Phi) is 8.09. The van der Waals surface area contributed by atoms with Gasteiger partial charge in [0.15, 0.2) is 5.82 Å². The highest BCUT2D eigenvalue weighted by atomic mass is 32.2. The van der Waals surface area contributed by atoms with Crippen molar-refractivity contribution in [1.82, 2.24) is 23.7 Å². The van der Waals surface area contributed by atoms with Crippen LogP contribution in [-0.4, -0.2) is 70.3 Å². The van der Waals surface area contributed by atoms with Gasteiger partial charge in [-0.2, -0.15) is 0 Å². The number of benzene rings is 3. The van der Waals surface area contributed by atoms with Gasteiger partial charge in [0.1, 0.15) is 5.82 Å². The monoisotopic (exact) mass is 648 g/mol. The lowest BCUT2D eigenvalue weighted by molar-refractivity contribution is -0.129. The third kappa shape index (κ3) is 5.80. The molecule has 0 spiro atoms. The number of hydrogen-bond donors (Lipinski definition) is 0. The molecule has 5 aromatic rings. The Morgan fingerprint density at radius 3 is 2.40 bits per heavy atom. The molecule has 0 radical (unpaired) electrons. The summed E-state index contributed by atoms with van der Waals surface area (Å²) in [6, 6.07) is 23.3. The predicted octanol–water partition coefficient (Wildman–Crippen LogP) is 5.57. The highest BCUT2D eigenvalue weighted by Gasteiger charge is 2.32. The summed E-state index contributed by atoms with van der Waals surface area (Å²) >= 11 is 0. The van der Waals surface area contributed by atoms with Crippen molar-refractivity contribution in [3.63, 3.8) is 0 Å². The van der Waals surface area contributed by atoms with E-state index in [9.17, 15) is 13.2 Å². The molecule has 9 nitrogen and oxygen atoms in total. The molecule has 0 N–H and O–H groups in total. The fourth-order valence-corrected chi connectivity index (χ4v) is 8.42. The number of hydrogen-bond acceptors (Lipinski definition) is 7. The first kappa shape index (κ1) is 31.1. The topological polar surface area (TPSA) is 91.6 Å². The normalized spacial score (nSPS) is 17.2. The highest BCUT2D eigenvalue weighted by Crippen LogP contribution is 2.37. The Hall–Kier alpha value is -4.54. The quantitative estimate of drug-likeness (QED) is 0.238. The molecule has 1 atom stereocenters. The molecular formula is C37H40N6O3S. The number of amides is 1. The number of anilines is 1. The molecule has 1 amide bonds. The minimum atomic E-state index is -3.82. The fraction of sp³-hybridized carbons (Fsp3) is 0.324. The van der Waals surface area contributed by atoms with E-state index in [-0.39, 0.29) is 16.8 Å². The maximum Gasteiger partial charge on any atom is 0.268 e. The van der Waals surface area contributed by atoms with E-state index in [2.05, 4.69) is 41.0 Å². The van der Waals surface area contributed by atoms with Gasteiger partial charge in [-0.15, -0.1) is 0 Å². The summed E-state index contributed by atoms with van der Waals surface area (Å²) < 4.78 is 29.1. The van der Waals surface area contributed by atoms with Gasteiger partial charge in [-0.25, -0.2) is 22.4 Å². The lowest BCUT2D eigenvalue weighted by atomic mass is 10.0. The van der Waals surface area contributed by atoms with Crippen molar-refractivity contribution in [2.45, 2.75) is 58.1 Å². The molecule has 2 aromatic heterocycles. The molecule has 47 heavy (non-hydrogen) atoms. The van der Waals surface area contributed by atoms with Crippen molar-refractivity contribution in [2.75, 3.05) is 31.1 Å². The van der Waals surface area contributed by atoms with Crippen molar-refractivity contribution in [3.8, 4) is 11.4 Å². The number of carbonyl (C=O) groups excluding carboxylic acids is 1. The van der Waals surface area contributed by atoms with Gasteiger partial charge in [0, 0.05) is 81.4 Å². The lowest BCUT2D eigenvalue weighted by Crippen LogP contribution is -2.54. The van der Waals surface area contributed by atoms with Crippen LogP contribution in [0.2, 0.25) is 0 Å². The van der Waals surface area contributed by atoms with Crippen molar-refractivity contribution >= 4 is 32.7 Å². The lowest BCUT2D eigenvalue weighted by Gasteiger charge is -2.42. The van der Waals surface area contributed by atoms with Gasteiger partial charge >= 0.3 is 0 Å². The number of aryl methyl sites for hydroxylation is 2. The Bertz CT molecular complexity index is 2080. The average Bonchev–Trinajstić information content (AvgIpc) is 3.42. The largest absolute Gasteiger partial charge is 0.350 e. The van der Waals surface area contributed by atoms with E-state index in [4.69, 9.17) is 9.97 Å². The molecule has 1 saturated heterocycles. The van der Waals surface area contributed by atoms with E-state index in [1.807, 2.05) is 55.1 Å². The van der Waals surface area contributed by atoms with Crippen LogP contribution in [0.5, 0.6) is 0 Å². The van der Waals surface area contributed by atoms with Crippen LogP contribution >= 0.6 is 0 Å². The number of aromatic nitrogens is 3. The summed E-state index contributed by atoms with van der Waals surface area (Å²) in [6.45, 7) is 12.0. The van der Waals surface area contributed by atoms with E-state index < -0.39 is 10.0 Å². The third-order valence-corrected chi connectivity index (χ3v) is 11.2. The molecule has 242 valence electrons. The Labute approximate surface area is 276 Å². The second-order valence-electron chi connectivity index (χ2n) is 12.9. The van der Waals surface area contributed by atoms with E-state index in [0.717, 1.165) is 65.2 Å². The minimum Gasteiger partial charge on any atom is -0.350 e. The average molecular weight is 649 g/mol. The van der Waals surface area contributed by atoms with Gasteiger partial charge in [0.25, 0.3) is 10.0 Å². The maximum atomic E-state index is 13.8. The van der Waals surface area contributed by atoms with Crippen LogP contribution in [0.25, 0.3) is 22.3 Å². The molecule has 0 aliphatic carbocycles. The molecule has 2 aliphatic rings. The Morgan fingerprint density at radius 2 is 1.68 bits per heavy atom. The van der Waals surface area contributed by atoms with Crippen LogP contribution in [0.15, 0.2) is 83.9 Å². The first-order chi connectivity index (χ1) is 22.6. The van der Waals surface area contributed by atoms with E-state index >= 15 is 0 Å². The molecule has 0 saturated carbocycles. The van der Waals surface area contributed by atoms with E-state index in [0.29, 0.717) is 31.0 Å². The summed E-state index contributed by atoms with van der Waals surface area (Å²) in [5.74, 6) is 1.58. The van der Waals surface area contributed by atoms with Crippen LogP contribution in [0.3, 0.4) is 0 Å². The zero-order valence-electron chi connectivity index (χ0n) is 27.3. The van der Waals surface area contributed by atoms with Crippen LogP contribution in [0.1, 0.15) is 41.8 Å². The molecule has 4 heterocycles. The second-order valence-corrected chi connectivity index (χ2v) is 14.7. The second kappa shape index (κ2) is 12.2. The van der Waals surface area contributed by atoms with Crippen LogP contribution in [-0.2, 0) is 34.3 Å². The first-order valence-corrected chi connectivity index (χ1v) is 17.7. The van der Waals surface area contributed by atoms with Gasteiger partial charge in [0.2, 0.25) is 5.91 Å². The summed E-state index contributed by atoms with van der Waals surface area (Å²) in [4.78, 5) is 29.7. The molecule has 3 aromatic carbocycles. The molecule has 0 unspecified atom stereocenters. The SMILES string of the molecule is CC(=O)N1CCN(c2nc(-c3cccc4c3c(C)cn4S(=O)(=O)c3ccc(C)cc3)nc3c2CN(Cc2ccccc2)CC3)[C@H](C)C1. The van der Waals surface area contributed by atoms with Crippen molar-refractivity contribution in [3.05, 3.63) is 107 Å². The smallest absolute Gasteiger partial charge is 0.268 e. The molecular weight excluding hydrogens is 609 g/mol. The van der Waals surface area contributed by atoms with E-state index in [1.165, 1.54) is 9.54 Å². The van der Waals surface area contributed by atoms with Crippen molar-refractivity contribution < 1.29 is 13.2 Å². The van der Waals surface area contributed by atoms with Gasteiger partial charge < -0.3 is 9.80 Å². The number of piperazine rings is 1. The van der Waals surface area contributed by atoms with Crippen molar-refractivity contribution in [2.24, 2.45) is 0 Å². The molecule has 10 heteroatoms. The zero-order valence-corrected chi connectivity index (χ0v) is 28.2. The molecule has 2 aliphatic heterocycles. The molecule has 1 fully saturated rings. The summed E-state index contributed by atoms with van der Waals surface area (Å²) in [5, 5.41) is 0.824. The zero-order chi connectivity index (χ0) is 32.9. The summed E-state index contributed by atoms with van der Waals surface area (Å²) in [6.07, 6.45) is 2.48. The number of fused-ring (bicyclic) bond motifs is 2. The Morgan fingerprint density at radius 1 is 0.915 bits per heavy atom. The van der Waals surface area contributed by atoms with Crippen molar-refractivity contribution in [1.29, 1.82) is 0 Å². The molecule has 0 bridgehead atoms. The summed E-state index contributed by atoms with van der Waals surface area (Å²) in [5.41, 5.74) is 6.67. The standard InChI is InChI=1S/C37H40N6O3S/c1-25-13-15-30(16-14-25)47(45,46)43-21-26(2)35-31(11-8-12-34(35)43)36-38-33-17-18-40(23-29-9-6-5-7-10-29)24-32(33)37(39-36)42-20-19-41(28(4)44)22-27(42)3/h5-16,21,27H,17-20,22-24H2,1-4H3/t27-/m1/s1. The Balaban J connectivity index is 1.33. The van der Waals surface area contributed by atoms with Crippen LogP contribution in [0.4, 0.5) is 5.82 Å². The van der Waals surface area contributed by atoms with Gasteiger partial charge in [-0.3, -0.25) is 9.69 Å². The maximum absolute atomic E-state index is 13.8. The van der Waals surface area contributed by atoms with Gasteiger partial charge in [-0.1, -0.05) is 60.2 Å². The summed E-state index contributed by atoms with van der Waals surface area (Å²) in [7, 11) is -3.82. The highest BCUT2D eigenvalue weighted by molar-refractivity contribution is 7.90. The fourth-order valence-electron chi connectivity index (χ4n) is 7.00. The third-order valence-electron chi connectivity index (χ3n) is 9.52. The minimum absolute atomic E-state index is 0.0715. The first-order valence-electron chi connectivity index (χ1n) is 16.2. The number of rotatable bonds is 6. The van der Waals surface area contributed by atoms with Crippen LogP contribution in [0, 0.1) is 13.8 Å². The van der Waals surface area contributed by atoms with Gasteiger partial charge in [-0.05, 0) is 50.1 Å². The number of nitrogens with zero attached hydrogens (tertiary/aromatic N) is 6. The van der Waals surface area contributed by atoms with Gasteiger partial charge in [0.05, 0.1) is 16.1 Å². The number of carbonyl (C=O) groups is 1. The van der Waals surface area contributed by atoms with E-state index in [1.54, 1.807) is 25.3 Å². The van der Waals surface area contributed by atoms with Crippen LogP contribution < -0.4 is 4.90 Å². The molecule has 7 rings (SSSR count). The predicted molar refractivity (Wildman–Crippen MR) is 185 cm³/mol.